The maximum Gasteiger partial charge on any atom is 0.446 e. The SMILES string of the molecule is Cn1oc(=O)n(-c2ccccc2[N+](=O)[O-])c1=N. The molecule has 0 saturated heterocycles. The van der Waals surface area contributed by atoms with Crippen LogP contribution in [0.3, 0.4) is 0 Å². The van der Waals surface area contributed by atoms with E-state index in [1.54, 1.807) is 6.07 Å². The minimum atomic E-state index is -0.841. The lowest BCUT2D eigenvalue weighted by molar-refractivity contribution is -0.384. The molecule has 0 saturated carbocycles. The summed E-state index contributed by atoms with van der Waals surface area (Å²) in [5.41, 5.74) is -0.523. The van der Waals surface area contributed by atoms with Crippen LogP contribution < -0.4 is 11.4 Å². The van der Waals surface area contributed by atoms with Gasteiger partial charge in [-0.15, -0.1) is 0 Å². The van der Waals surface area contributed by atoms with Gasteiger partial charge in [0.15, 0.2) is 0 Å². The number of benzene rings is 1. The van der Waals surface area contributed by atoms with Crippen molar-refractivity contribution in [2.75, 3.05) is 0 Å². The molecule has 0 unspecified atom stereocenters. The van der Waals surface area contributed by atoms with Gasteiger partial charge in [-0.1, -0.05) is 12.1 Å². The molecule has 1 heterocycles. The fraction of sp³-hybridized carbons (Fsp3) is 0.111. The van der Waals surface area contributed by atoms with Gasteiger partial charge in [-0.3, -0.25) is 15.5 Å². The van der Waals surface area contributed by atoms with Crippen LogP contribution in [-0.4, -0.2) is 14.2 Å². The van der Waals surface area contributed by atoms with Gasteiger partial charge in [0.1, 0.15) is 5.69 Å². The number of nitrogens with zero attached hydrogens (tertiary/aromatic N) is 3. The molecule has 0 bridgehead atoms. The standard InChI is InChI=1S/C9H8N4O4/c1-11-8(10)12(9(14)17-11)6-4-2-3-5-7(6)13(15)16/h2-5,10H,1H3. The Labute approximate surface area is 94.0 Å². The molecule has 0 atom stereocenters. The third kappa shape index (κ3) is 1.65. The number of nitro groups is 1. The Morgan fingerprint density at radius 3 is 2.59 bits per heavy atom. The average Bonchev–Trinajstić information content (AvgIpc) is 2.53. The second-order valence-corrected chi connectivity index (χ2v) is 3.26. The number of aromatic nitrogens is 2. The Hall–Kier alpha value is -2.64. The minimum absolute atomic E-state index is 0.0110. The molecule has 1 aromatic heterocycles. The second-order valence-electron chi connectivity index (χ2n) is 3.26. The van der Waals surface area contributed by atoms with Crippen molar-refractivity contribution in [2.24, 2.45) is 7.05 Å². The summed E-state index contributed by atoms with van der Waals surface area (Å²) in [6, 6.07) is 5.67. The second kappa shape index (κ2) is 3.74. The first-order valence-corrected chi connectivity index (χ1v) is 4.60. The van der Waals surface area contributed by atoms with Crippen molar-refractivity contribution in [3.05, 3.63) is 50.5 Å². The van der Waals surface area contributed by atoms with Crippen LogP contribution >= 0.6 is 0 Å². The first-order chi connectivity index (χ1) is 8.02. The van der Waals surface area contributed by atoms with Gasteiger partial charge < -0.3 is 4.52 Å². The molecule has 0 aliphatic rings. The molecule has 0 amide bonds. The summed E-state index contributed by atoms with van der Waals surface area (Å²) in [4.78, 5) is 21.7. The number of rotatable bonds is 2. The molecule has 0 fully saturated rings. The summed E-state index contributed by atoms with van der Waals surface area (Å²) in [6.07, 6.45) is 0. The van der Waals surface area contributed by atoms with E-state index in [-0.39, 0.29) is 17.0 Å². The lowest BCUT2D eigenvalue weighted by Gasteiger charge is -2.00. The number of nitrogens with one attached hydrogen (secondary N) is 1. The van der Waals surface area contributed by atoms with Crippen LogP contribution in [0.4, 0.5) is 5.69 Å². The largest absolute Gasteiger partial charge is 0.446 e. The van der Waals surface area contributed by atoms with Gasteiger partial charge in [0, 0.05) is 13.1 Å². The quantitative estimate of drug-likeness (QED) is 0.591. The molecule has 8 nitrogen and oxygen atoms in total. The summed E-state index contributed by atoms with van der Waals surface area (Å²) in [7, 11) is 1.37. The van der Waals surface area contributed by atoms with E-state index >= 15 is 0 Å². The van der Waals surface area contributed by atoms with E-state index < -0.39 is 10.7 Å². The summed E-state index contributed by atoms with van der Waals surface area (Å²) in [5.74, 6) is -0.841. The lowest BCUT2D eigenvalue weighted by atomic mass is 10.2. The van der Waals surface area contributed by atoms with Gasteiger partial charge in [0.2, 0.25) is 5.62 Å². The lowest BCUT2D eigenvalue weighted by Crippen LogP contribution is -2.27. The summed E-state index contributed by atoms with van der Waals surface area (Å²) < 4.78 is 6.41. The van der Waals surface area contributed by atoms with Crippen molar-refractivity contribution in [1.29, 1.82) is 5.41 Å². The normalized spacial score (nSPS) is 10.4. The van der Waals surface area contributed by atoms with Crippen LogP contribution in [0.15, 0.2) is 33.6 Å². The predicted octanol–water partition coefficient (Wildman–Crippen LogP) is 0.157. The Kier molecular flexibility index (Phi) is 2.39. The fourth-order valence-corrected chi connectivity index (χ4v) is 1.45. The topological polar surface area (TPSA) is 107 Å². The van der Waals surface area contributed by atoms with Crippen LogP contribution in [0, 0.1) is 15.5 Å². The zero-order chi connectivity index (χ0) is 12.6. The summed E-state index contributed by atoms with van der Waals surface area (Å²) >= 11 is 0. The zero-order valence-electron chi connectivity index (χ0n) is 8.78. The Morgan fingerprint density at radius 1 is 1.41 bits per heavy atom. The van der Waals surface area contributed by atoms with E-state index in [0.717, 1.165) is 9.31 Å². The van der Waals surface area contributed by atoms with E-state index in [0.29, 0.717) is 0 Å². The van der Waals surface area contributed by atoms with E-state index in [4.69, 9.17) is 5.41 Å². The molecule has 1 aromatic carbocycles. The van der Waals surface area contributed by atoms with Gasteiger partial charge in [-0.05, 0) is 6.07 Å². The highest BCUT2D eigenvalue weighted by atomic mass is 16.6. The fourth-order valence-electron chi connectivity index (χ4n) is 1.45. The van der Waals surface area contributed by atoms with Crippen molar-refractivity contribution >= 4 is 5.69 Å². The third-order valence-corrected chi connectivity index (χ3v) is 2.23. The molecule has 0 aliphatic carbocycles. The molecule has 0 radical (unpaired) electrons. The molecule has 88 valence electrons. The average molecular weight is 236 g/mol. The van der Waals surface area contributed by atoms with Crippen LogP contribution in [-0.2, 0) is 7.05 Å². The van der Waals surface area contributed by atoms with Gasteiger partial charge in [-0.2, -0.15) is 4.74 Å². The van der Waals surface area contributed by atoms with Crippen molar-refractivity contribution in [2.45, 2.75) is 0 Å². The van der Waals surface area contributed by atoms with Crippen LogP contribution in [0.25, 0.3) is 5.69 Å². The first kappa shape index (κ1) is 10.9. The monoisotopic (exact) mass is 236 g/mol. The zero-order valence-corrected chi connectivity index (χ0v) is 8.78. The highest BCUT2D eigenvalue weighted by molar-refractivity contribution is 5.51. The van der Waals surface area contributed by atoms with Gasteiger partial charge in [-0.25, -0.2) is 9.36 Å². The highest BCUT2D eigenvalue weighted by Crippen LogP contribution is 2.19. The van der Waals surface area contributed by atoms with Crippen LogP contribution in [0.2, 0.25) is 0 Å². The van der Waals surface area contributed by atoms with Crippen molar-refractivity contribution in [3.63, 3.8) is 0 Å². The van der Waals surface area contributed by atoms with Gasteiger partial charge in [0.25, 0.3) is 5.69 Å². The van der Waals surface area contributed by atoms with Crippen molar-refractivity contribution in [1.82, 2.24) is 9.31 Å². The Bertz CT molecular complexity index is 694. The van der Waals surface area contributed by atoms with E-state index in [2.05, 4.69) is 4.52 Å². The maximum atomic E-state index is 11.5. The molecular formula is C9H8N4O4. The molecule has 1 N–H and O–H groups in total. The van der Waals surface area contributed by atoms with Crippen LogP contribution in [0.1, 0.15) is 0 Å². The maximum absolute atomic E-state index is 11.5. The van der Waals surface area contributed by atoms with Crippen molar-refractivity contribution < 1.29 is 9.45 Å². The van der Waals surface area contributed by atoms with Crippen LogP contribution in [0.5, 0.6) is 0 Å². The number of hydrogen-bond donors (Lipinski definition) is 1. The number of aryl methyl sites for hydroxylation is 1. The van der Waals surface area contributed by atoms with E-state index in [1.165, 1.54) is 25.2 Å². The van der Waals surface area contributed by atoms with E-state index in [9.17, 15) is 14.9 Å². The molecular weight excluding hydrogens is 228 g/mol. The predicted molar refractivity (Wildman–Crippen MR) is 55.8 cm³/mol. The number of hydrogen-bond acceptors (Lipinski definition) is 5. The Morgan fingerprint density at radius 2 is 2.06 bits per heavy atom. The minimum Gasteiger partial charge on any atom is -0.318 e. The van der Waals surface area contributed by atoms with Gasteiger partial charge in [0.05, 0.1) is 4.92 Å². The smallest absolute Gasteiger partial charge is 0.318 e. The molecule has 2 aromatic rings. The summed E-state index contributed by atoms with van der Waals surface area (Å²) in [5, 5.41) is 18.4. The molecule has 0 aliphatic heterocycles. The molecule has 2 rings (SSSR count). The van der Waals surface area contributed by atoms with E-state index in [1.807, 2.05) is 0 Å². The number of para-hydroxylation sites is 2. The molecule has 17 heavy (non-hydrogen) atoms. The summed E-state index contributed by atoms with van der Waals surface area (Å²) in [6.45, 7) is 0. The molecule has 8 heteroatoms. The van der Waals surface area contributed by atoms with Crippen molar-refractivity contribution in [3.8, 4) is 5.69 Å². The molecule has 0 spiro atoms. The Balaban J connectivity index is 2.82. The third-order valence-electron chi connectivity index (χ3n) is 2.23. The van der Waals surface area contributed by atoms with Gasteiger partial charge >= 0.3 is 5.76 Å². The number of nitro benzene ring substituents is 1. The highest BCUT2D eigenvalue weighted by Gasteiger charge is 2.18. The first-order valence-electron chi connectivity index (χ1n) is 4.60.